The highest BCUT2D eigenvalue weighted by Gasteiger charge is 2.31. The van der Waals surface area contributed by atoms with E-state index in [-0.39, 0.29) is 11.1 Å². The number of hydrogen-bond donors (Lipinski definition) is 8. The molecule has 10 heteroatoms. The lowest BCUT2D eigenvalue weighted by molar-refractivity contribution is 0.0375. The van der Waals surface area contributed by atoms with Gasteiger partial charge in [-0.15, -0.1) is 0 Å². The van der Waals surface area contributed by atoms with E-state index in [9.17, 15) is 40.2 Å². The molecule has 0 spiro atoms. The predicted molar refractivity (Wildman–Crippen MR) is 125 cm³/mol. The average Bonchev–Trinajstić information content (AvgIpc) is 2.89. The zero-order valence-corrected chi connectivity index (χ0v) is 18.5. The molecule has 0 atom stereocenters. The molecule has 10 nitrogen and oxygen atoms in total. The first-order valence-corrected chi connectivity index (χ1v) is 10.5. The fourth-order valence-corrected chi connectivity index (χ4v) is 2.85. The summed E-state index contributed by atoms with van der Waals surface area (Å²) >= 11 is 0. The molecular weight excluding hydrogens is 444 g/mol. The maximum absolute atomic E-state index is 12.3. The van der Waals surface area contributed by atoms with Crippen molar-refractivity contribution >= 4 is 24.0 Å². The topological polar surface area (TPSA) is 180 Å². The third-order valence-corrected chi connectivity index (χ3v) is 5.39. The monoisotopic (exact) mass is 474 g/mol. The van der Waals surface area contributed by atoms with Crippen molar-refractivity contribution in [1.82, 2.24) is 10.6 Å². The molecule has 34 heavy (non-hydrogen) atoms. The van der Waals surface area contributed by atoms with Crippen LogP contribution in [0.2, 0.25) is 0 Å². The molecule has 0 aliphatic carbocycles. The minimum atomic E-state index is -1.51. The van der Waals surface area contributed by atoms with Gasteiger partial charge in [0, 0.05) is 11.1 Å². The molecule has 0 fully saturated rings. The van der Waals surface area contributed by atoms with Crippen LogP contribution >= 0.6 is 0 Å². The van der Waals surface area contributed by atoms with Crippen LogP contribution < -0.4 is 10.6 Å². The Labute approximate surface area is 196 Å². The second-order valence-electron chi connectivity index (χ2n) is 7.99. The van der Waals surface area contributed by atoms with Crippen molar-refractivity contribution in [2.45, 2.75) is 11.1 Å². The van der Waals surface area contributed by atoms with E-state index in [2.05, 4.69) is 10.6 Å². The molecule has 2 rings (SSSR count). The Hall–Kier alpha value is -3.12. The van der Waals surface area contributed by atoms with Crippen molar-refractivity contribution in [3.05, 3.63) is 70.8 Å². The average molecular weight is 475 g/mol. The number of benzene rings is 2. The second kappa shape index (κ2) is 12.4. The summed E-state index contributed by atoms with van der Waals surface area (Å²) in [6.45, 7) is -3.68. The van der Waals surface area contributed by atoms with Crippen LogP contribution in [0.3, 0.4) is 0 Å². The van der Waals surface area contributed by atoms with E-state index in [0.29, 0.717) is 0 Å². The fourth-order valence-electron chi connectivity index (χ4n) is 2.85. The highest BCUT2D eigenvalue weighted by atomic mass is 16.3. The van der Waals surface area contributed by atoms with E-state index in [1.807, 2.05) is 0 Å². The van der Waals surface area contributed by atoms with Gasteiger partial charge in [0.25, 0.3) is 11.8 Å². The van der Waals surface area contributed by atoms with Crippen LogP contribution in [0.25, 0.3) is 12.2 Å². The Bertz CT molecular complexity index is 869. The van der Waals surface area contributed by atoms with E-state index in [0.717, 1.165) is 11.1 Å². The van der Waals surface area contributed by atoms with Gasteiger partial charge in [0.1, 0.15) is 11.1 Å². The van der Waals surface area contributed by atoms with Gasteiger partial charge >= 0.3 is 0 Å². The molecule has 8 N–H and O–H groups in total. The maximum Gasteiger partial charge on any atom is 0.251 e. The van der Waals surface area contributed by atoms with E-state index in [4.69, 9.17) is 0 Å². The predicted octanol–water partition coefficient (Wildman–Crippen LogP) is -1.25. The zero-order chi connectivity index (χ0) is 25.2. The van der Waals surface area contributed by atoms with Gasteiger partial charge in [-0.25, -0.2) is 0 Å². The van der Waals surface area contributed by atoms with Gasteiger partial charge in [0.15, 0.2) is 0 Å². The van der Waals surface area contributed by atoms with Gasteiger partial charge < -0.3 is 41.3 Å². The lowest BCUT2D eigenvalue weighted by Crippen LogP contribution is -2.57. The minimum absolute atomic E-state index is 0.289. The van der Waals surface area contributed by atoms with Crippen LogP contribution in [0.5, 0.6) is 0 Å². The zero-order valence-electron chi connectivity index (χ0n) is 18.5. The van der Waals surface area contributed by atoms with Crippen LogP contribution in [0.1, 0.15) is 31.8 Å². The molecule has 184 valence electrons. The molecule has 2 amide bonds. The third kappa shape index (κ3) is 6.70. The summed E-state index contributed by atoms with van der Waals surface area (Å²) in [4.78, 5) is 24.6. The van der Waals surface area contributed by atoms with E-state index < -0.39 is 62.5 Å². The van der Waals surface area contributed by atoms with E-state index in [1.165, 1.54) is 0 Å². The first-order valence-electron chi connectivity index (χ1n) is 10.5. The van der Waals surface area contributed by atoms with E-state index >= 15 is 0 Å². The summed E-state index contributed by atoms with van der Waals surface area (Å²) in [5.41, 5.74) is -0.860. The van der Waals surface area contributed by atoms with Gasteiger partial charge in [0.2, 0.25) is 0 Å². The van der Waals surface area contributed by atoms with Gasteiger partial charge in [-0.05, 0) is 35.4 Å². The van der Waals surface area contributed by atoms with Crippen LogP contribution in [-0.2, 0) is 0 Å². The molecule has 0 bridgehead atoms. The van der Waals surface area contributed by atoms with Gasteiger partial charge in [-0.1, -0.05) is 36.4 Å². The highest BCUT2D eigenvalue weighted by molar-refractivity contribution is 5.95. The molecule has 2 aromatic carbocycles. The quantitative estimate of drug-likeness (QED) is 0.176. The standard InChI is InChI=1S/C24H30N2O8/c27-11-23(12-28,13-29)25-21(33)19-7-3-17(4-8-19)1-2-18-5-9-20(10-6-18)22(34)26-24(14-30,15-31)16-32/h1-10,27-32H,11-16H2,(H,25,33)(H,26,34)/b2-1-. The largest absolute Gasteiger partial charge is 0.394 e. The van der Waals surface area contributed by atoms with Crippen molar-refractivity contribution in [2.75, 3.05) is 39.6 Å². The summed E-state index contributed by atoms with van der Waals surface area (Å²) in [6.07, 6.45) is 3.59. The molecule has 0 saturated carbocycles. The smallest absolute Gasteiger partial charge is 0.251 e. The number of hydrogen-bond acceptors (Lipinski definition) is 8. The lowest BCUT2D eigenvalue weighted by Gasteiger charge is -2.28. The number of aliphatic hydroxyl groups excluding tert-OH is 6. The molecule has 0 saturated heterocycles. The van der Waals surface area contributed by atoms with Crippen molar-refractivity contribution in [3.63, 3.8) is 0 Å². The molecule has 0 aliphatic heterocycles. The summed E-state index contributed by atoms with van der Waals surface area (Å²) in [7, 11) is 0. The normalized spacial score (nSPS) is 12.1. The Morgan fingerprint density at radius 1 is 0.559 bits per heavy atom. The Balaban J connectivity index is 2.03. The van der Waals surface area contributed by atoms with Crippen LogP contribution in [0, 0.1) is 0 Å². The summed E-state index contributed by atoms with van der Waals surface area (Å²) in [6, 6.07) is 13.1. The summed E-state index contributed by atoms with van der Waals surface area (Å²) < 4.78 is 0. The molecule has 0 aromatic heterocycles. The molecule has 0 aliphatic rings. The Morgan fingerprint density at radius 2 is 0.824 bits per heavy atom. The number of amides is 2. The van der Waals surface area contributed by atoms with Crippen molar-refractivity contribution in [3.8, 4) is 0 Å². The first-order chi connectivity index (χ1) is 16.3. The fraction of sp³-hybridized carbons (Fsp3) is 0.333. The number of nitrogens with one attached hydrogen (secondary N) is 2. The van der Waals surface area contributed by atoms with Crippen LogP contribution in [0.4, 0.5) is 0 Å². The molecular formula is C24H30N2O8. The van der Waals surface area contributed by atoms with Gasteiger partial charge in [-0.3, -0.25) is 9.59 Å². The van der Waals surface area contributed by atoms with Crippen molar-refractivity contribution in [1.29, 1.82) is 0 Å². The number of carbonyl (C=O) groups excluding carboxylic acids is 2. The highest BCUT2D eigenvalue weighted by Crippen LogP contribution is 2.13. The van der Waals surface area contributed by atoms with Crippen LogP contribution in [0.15, 0.2) is 48.5 Å². The maximum atomic E-state index is 12.3. The van der Waals surface area contributed by atoms with Gasteiger partial charge in [0.05, 0.1) is 39.6 Å². The minimum Gasteiger partial charge on any atom is -0.394 e. The SMILES string of the molecule is O=C(NC(CO)(CO)CO)c1ccc(/C=C\c2ccc(C(=O)NC(CO)(CO)CO)cc2)cc1. The lowest BCUT2D eigenvalue weighted by atomic mass is 10.0. The number of carbonyl (C=O) groups is 2. The second-order valence-corrected chi connectivity index (χ2v) is 7.99. The molecule has 0 unspecified atom stereocenters. The summed E-state index contributed by atoms with van der Waals surface area (Å²) in [5.74, 6) is -1.09. The third-order valence-electron chi connectivity index (χ3n) is 5.39. The molecule has 0 heterocycles. The number of rotatable bonds is 12. The first kappa shape index (κ1) is 27.1. The van der Waals surface area contributed by atoms with Crippen molar-refractivity contribution in [2.24, 2.45) is 0 Å². The number of aliphatic hydroxyl groups is 6. The summed E-state index contributed by atoms with van der Waals surface area (Å²) in [5, 5.41) is 60.8. The Morgan fingerprint density at radius 3 is 1.06 bits per heavy atom. The van der Waals surface area contributed by atoms with Crippen LogP contribution in [-0.4, -0.2) is 93.2 Å². The molecule has 0 radical (unpaired) electrons. The Kier molecular flexibility index (Phi) is 9.87. The van der Waals surface area contributed by atoms with E-state index in [1.54, 1.807) is 60.7 Å². The van der Waals surface area contributed by atoms with Gasteiger partial charge in [-0.2, -0.15) is 0 Å². The molecule has 2 aromatic rings. The van der Waals surface area contributed by atoms with Crippen molar-refractivity contribution < 1.29 is 40.2 Å².